The molecule has 1 fully saturated rings. The Morgan fingerprint density at radius 1 is 0.809 bits per heavy atom. The van der Waals surface area contributed by atoms with Crippen molar-refractivity contribution in [2.45, 2.75) is 58.2 Å². The molecule has 0 radical (unpaired) electrons. The summed E-state index contributed by atoms with van der Waals surface area (Å²) in [7, 11) is 0. The summed E-state index contributed by atoms with van der Waals surface area (Å²) in [5.74, 6) is -8.41. The molecule has 2 heterocycles. The summed E-state index contributed by atoms with van der Waals surface area (Å²) in [6.07, 6.45) is -3.89. The smallest absolute Gasteiger partial charge is 0.313 e. The fourth-order valence-electron chi connectivity index (χ4n) is 6.00. The summed E-state index contributed by atoms with van der Waals surface area (Å²) < 4.78 is 30.1. The van der Waals surface area contributed by atoms with Gasteiger partial charge in [-0.1, -0.05) is 18.2 Å². The van der Waals surface area contributed by atoms with Crippen LogP contribution in [0.1, 0.15) is 48.6 Å². The van der Waals surface area contributed by atoms with Gasteiger partial charge in [0.15, 0.2) is 0 Å². The molecule has 0 spiro atoms. The van der Waals surface area contributed by atoms with Crippen molar-refractivity contribution in [3.05, 3.63) is 76.4 Å². The number of hydrogen-bond donors (Lipinski definition) is 3. The predicted octanol–water partition coefficient (Wildman–Crippen LogP) is 5.35. The molecular formula is C34H35FO11S. The van der Waals surface area contributed by atoms with E-state index in [1.807, 2.05) is 19.1 Å². The molecule has 3 N–H and O–H groups in total. The minimum Gasteiger partial charge on any atom is -0.481 e. The molecular weight excluding hydrogens is 635 g/mol. The number of carbonyl (C=O) groups excluding carboxylic acids is 2. The van der Waals surface area contributed by atoms with E-state index in [2.05, 4.69) is 0 Å². The fourth-order valence-corrected chi connectivity index (χ4v) is 7.04. The number of halogens is 1. The highest BCUT2D eigenvalue weighted by Gasteiger charge is 2.48. The van der Waals surface area contributed by atoms with Crippen molar-refractivity contribution in [3.8, 4) is 16.2 Å². The van der Waals surface area contributed by atoms with E-state index in [9.17, 15) is 43.7 Å². The van der Waals surface area contributed by atoms with Crippen LogP contribution in [0.25, 0.3) is 10.4 Å². The average Bonchev–Trinajstić information content (AvgIpc) is 3.45. The normalized spacial score (nSPS) is 20.7. The van der Waals surface area contributed by atoms with E-state index in [1.54, 1.807) is 41.7 Å². The standard InChI is InChI=1S/C34H35FO11S/c1-18-3-8-23(11-21(18)12-24-9-10-30(47-24)20-4-6-22(35)7-5-20)45-34(43)16-28-26(14-32(39)40)25(13-31(37)38)27(15-33(41)42)29(46-28)17-44-19(2)36/h3-11,25-29H,12-17H2,1-2H3,(H,37,38)(H,39,40)(H,41,42)/t25-,26-,27-,28-,29+/m1/s1. The zero-order chi connectivity index (χ0) is 34.2. The quantitative estimate of drug-likeness (QED) is 0.149. The first-order valence-corrected chi connectivity index (χ1v) is 15.7. The SMILES string of the molecule is CC(=O)OC[C@@H]1O[C@H](CC(=O)Oc2ccc(C)c(Cc3ccc(-c4ccc(F)cc4)s3)c2)[C@H](CC(=O)O)[C@@H](CC(=O)O)[C@H]1CC(=O)O. The summed E-state index contributed by atoms with van der Waals surface area (Å²) >= 11 is 1.55. The molecule has 1 aromatic heterocycles. The van der Waals surface area contributed by atoms with Crippen molar-refractivity contribution in [1.82, 2.24) is 0 Å². The van der Waals surface area contributed by atoms with Crippen molar-refractivity contribution in [1.29, 1.82) is 0 Å². The third kappa shape index (κ3) is 9.93. The van der Waals surface area contributed by atoms with E-state index >= 15 is 0 Å². The van der Waals surface area contributed by atoms with Gasteiger partial charge in [0, 0.05) is 35.4 Å². The third-order valence-electron chi connectivity index (χ3n) is 8.16. The van der Waals surface area contributed by atoms with Crippen LogP contribution in [0.2, 0.25) is 0 Å². The summed E-state index contributed by atoms with van der Waals surface area (Å²) in [5, 5.41) is 28.8. The number of carboxylic acids is 3. The molecule has 250 valence electrons. The Bertz CT molecular complexity index is 1620. The zero-order valence-electron chi connectivity index (χ0n) is 25.7. The predicted molar refractivity (Wildman–Crippen MR) is 166 cm³/mol. The highest BCUT2D eigenvalue weighted by molar-refractivity contribution is 7.15. The summed E-state index contributed by atoms with van der Waals surface area (Å²) in [6.45, 7) is 2.66. The van der Waals surface area contributed by atoms with Crippen LogP contribution in [0.5, 0.6) is 5.75 Å². The molecule has 1 aliphatic heterocycles. The molecule has 0 aliphatic carbocycles. The average molecular weight is 671 g/mol. The Morgan fingerprint density at radius 3 is 2.04 bits per heavy atom. The van der Waals surface area contributed by atoms with Crippen molar-refractivity contribution in [2.24, 2.45) is 17.8 Å². The first-order valence-electron chi connectivity index (χ1n) is 14.9. The Labute approximate surface area is 273 Å². The number of esters is 2. The van der Waals surface area contributed by atoms with Gasteiger partial charge >= 0.3 is 29.8 Å². The van der Waals surface area contributed by atoms with Crippen molar-refractivity contribution < 1.29 is 57.9 Å². The first-order chi connectivity index (χ1) is 22.3. The summed E-state index contributed by atoms with van der Waals surface area (Å²) in [4.78, 5) is 62.2. The van der Waals surface area contributed by atoms with Gasteiger partial charge in [-0.05, 0) is 71.8 Å². The van der Waals surface area contributed by atoms with E-state index in [-0.39, 0.29) is 11.6 Å². The number of hydrogen-bond acceptors (Lipinski definition) is 9. The van der Waals surface area contributed by atoms with Crippen molar-refractivity contribution in [3.63, 3.8) is 0 Å². The first kappa shape index (κ1) is 35.2. The van der Waals surface area contributed by atoms with Crippen LogP contribution in [0.15, 0.2) is 54.6 Å². The van der Waals surface area contributed by atoms with Crippen LogP contribution in [0.4, 0.5) is 4.39 Å². The van der Waals surface area contributed by atoms with E-state index in [1.165, 1.54) is 12.1 Å². The van der Waals surface area contributed by atoms with Crippen molar-refractivity contribution >= 4 is 41.2 Å². The molecule has 5 atom stereocenters. The van der Waals surface area contributed by atoms with Gasteiger partial charge in [-0.3, -0.25) is 24.0 Å². The molecule has 13 heteroatoms. The van der Waals surface area contributed by atoms with Crippen LogP contribution < -0.4 is 4.74 Å². The largest absolute Gasteiger partial charge is 0.481 e. The van der Waals surface area contributed by atoms with Gasteiger partial charge in [0.2, 0.25) is 0 Å². The van der Waals surface area contributed by atoms with E-state index in [0.29, 0.717) is 6.42 Å². The van der Waals surface area contributed by atoms with Crippen LogP contribution in [0.3, 0.4) is 0 Å². The van der Waals surface area contributed by atoms with E-state index < -0.39 is 92.1 Å². The van der Waals surface area contributed by atoms with Gasteiger partial charge in [0.25, 0.3) is 0 Å². The Balaban J connectivity index is 1.53. The highest BCUT2D eigenvalue weighted by Crippen LogP contribution is 2.43. The second kappa shape index (κ2) is 15.8. The van der Waals surface area contributed by atoms with Crippen LogP contribution in [0, 0.1) is 30.5 Å². The maximum Gasteiger partial charge on any atom is 0.313 e. The van der Waals surface area contributed by atoms with Gasteiger partial charge in [-0.2, -0.15) is 0 Å². The minimum absolute atomic E-state index is 0.235. The number of aliphatic carboxylic acids is 3. The molecule has 0 saturated carbocycles. The number of thiophene rings is 1. The van der Waals surface area contributed by atoms with Gasteiger partial charge in [-0.15, -0.1) is 11.3 Å². The van der Waals surface area contributed by atoms with Crippen LogP contribution in [-0.2, 0) is 39.9 Å². The van der Waals surface area contributed by atoms with Crippen LogP contribution in [-0.4, -0.2) is 64.0 Å². The van der Waals surface area contributed by atoms with E-state index in [4.69, 9.17) is 14.2 Å². The monoisotopic (exact) mass is 670 g/mol. The zero-order valence-corrected chi connectivity index (χ0v) is 26.5. The maximum atomic E-state index is 13.3. The molecule has 3 aromatic rings. The Hall–Kier alpha value is -4.62. The third-order valence-corrected chi connectivity index (χ3v) is 9.30. The lowest BCUT2D eigenvalue weighted by molar-refractivity contribution is -0.191. The van der Waals surface area contributed by atoms with Crippen molar-refractivity contribution in [2.75, 3.05) is 6.61 Å². The molecule has 1 aliphatic rings. The van der Waals surface area contributed by atoms with Gasteiger partial charge in [-0.25, -0.2) is 4.39 Å². The highest BCUT2D eigenvalue weighted by atomic mass is 32.1. The second-order valence-corrected chi connectivity index (χ2v) is 12.7. The lowest BCUT2D eigenvalue weighted by atomic mass is 9.69. The lowest BCUT2D eigenvalue weighted by Crippen LogP contribution is -2.52. The number of carboxylic acid groups (broad SMARTS) is 3. The number of carbonyl (C=O) groups is 5. The number of benzene rings is 2. The maximum absolute atomic E-state index is 13.3. The Kier molecular flexibility index (Phi) is 11.8. The topological polar surface area (TPSA) is 174 Å². The fraction of sp³-hybridized carbons (Fsp3) is 0.382. The van der Waals surface area contributed by atoms with Gasteiger partial charge in [0.05, 0.1) is 31.5 Å². The second-order valence-electron chi connectivity index (χ2n) is 11.5. The minimum atomic E-state index is -1.28. The van der Waals surface area contributed by atoms with Gasteiger partial charge < -0.3 is 29.5 Å². The number of aryl methyl sites for hydroxylation is 1. The number of ether oxygens (including phenoxy) is 3. The molecule has 4 rings (SSSR count). The molecule has 0 amide bonds. The molecule has 0 unspecified atom stereocenters. The lowest BCUT2D eigenvalue weighted by Gasteiger charge is -2.46. The van der Waals surface area contributed by atoms with Crippen LogP contribution >= 0.6 is 11.3 Å². The molecule has 2 aromatic carbocycles. The summed E-state index contributed by atoms with van der Waals surface area (Å²) in [6, 6.07) is 15.3. The van der Waals surface area contributed by atoms with Gasteiger partial charge in [0.1, 0.15) is 18.2 Å². The molecule has 0 bridgehead atoms. The molecule has 11 nitrogen and oxygen atoms in total. The summed E-state index contributed by atoms with van der Waals surface area (Å²) in [5.41, 5.74) is 2.73. The van der Waals surface area contributed by atoms with E-state index in [0.717, 1.165) is 33.4 Å². The molecule has 47 heavy (non-hydrogen) atoms. The Morgan fingerprint density at radius 2 is 1.43 bits per heavy atom. The number of rotatable bonds is 14. The molecule has 1 saturated heterocycles.